The molecule has 3 aromatic rings. The van der Waals surface area contributed by atoms with E-state index in [-0.39, 0.29) is 28.8 Å². The number of Topliss-reactive ketones (excluding diaryl/α,β-unsaturated/α-hetero) is 1. The number of nitriles is 1. The number of ether oxygens (including phenoxy) is 2. The van der Waals surface area contributed by atoms with Crippen molar-refractivity contribution in [3.63, 3.8) is 0 Å². The van der Waals surface area contributed by atoms with Gasteiger partial charge in [-0.1, -0.05) is 34.3 Å². The topological polar surface area (TPSA) is 169 Å². The van der Waals surface area contributed by atoms with Gasteiger partial charge >= 0.3 is 0 Å². The number of anilines is 2. The Balaban J connectivity index is 1.46. The number of nitrogens with two attached hydrogens (primary N) is 1. The molecule has 1 aliphatic carbocycles. The average Bonchev–Trinajstić information content (AvgIpc) is 3.59. The monoisotopic (exact) mass is 579 g/mol. The van der Waals surface area contributed by atoms with E-state index in [2.05, 4.69) is 26.7 Å². The fourth-order valence-corrected chi connectivity index (χ4v) is 6.43. The summed E-state index contributed by atoms with van der Waals surface area (Å²) in [5.41, 5.74) is 8.75. The lowest BCUT2D eigenvalue weighted by Crippen LogP contribution is -2.38. The first-order valence-electron chi connectivity index (χ1n) is 12.2. The van der Waals surface area contributed by atoms with Gasteiger partial charge in [0.2, 0.25) is 11.0 Å². The van der Waals surface area contributed by atoms with Crippen molar-refractivity contribution in [3.8, 4) is 17.6 Å². The van der Waals surface area contributed by atoms with Crippen molar-refractivity contribution in [1.29, 1.82) is 5.26 Å². The fraction of sp³-hybridized carbons (Fsp3) is 0.308. The van der Waals surface area contributed by atoms with E-state index in [0.29, 0.717) is 68.6 Å². The van der Waals surface area contributed by atoms with E-state index in [4.69, 9.17) is 19.7 Å². The van der Waals surface area contributed by atoms with E-state index in [9.17, 15) is 14.9 Å². The standard InChI is InChI=1S/C26H25N7O5S2/c1-13-9-20(32-38-13)29-21(35)12-39-26-31-30-25(40-26)33-16-5-4-6-17(34)23(16)22(15(11-27)24(33)28)14-7-8-18(36-2)19(10-14)37-3/h7-10,22H,4-6,12,28H2,1-3H3,(H,29,32,35). The number of benzene rings is 1. The lowest BCUT2D eigenvalue weighted by Gasteiger charge is -2.38. The quantitative estimate of drug-likeness (QED) is 0.370. The van der Waals surface area contributed by atoms with E-state index in [1.165, 1.54) is 30.2 Å². The first-order chi connectivity index (χ1) is 19.3. The number of carbonyl (C=O) groups excluding carboxylic acids is 2. The van der Waals surface area contributed by atoms with Crippen LogP contribution in [0.2, 0.25) is 0 Å². The molecule has 0 spiro atoms. The van der Waals surface area contributed by atoms with Crippen LogP contribution in [0.3, 0.4) is 0 Å². The lowest BCUT2D eigenvalue weighted by atomic mass is 9.75. The van der Waals surface area contributed by atoms with Crippen molar-refractivity contribution >= 4 is 45.7 Å². The predicted octanol–water partition coefficient (Wildman–Crippen LogP) is 3.89. The first-order valence-corrected chi connectivity index (χ1v) is 14.0. The average molecular weight is 580 g/mol. The Bertz CT molecular complexity index is 1590. The zero-order valence-corrected chi connectivity index (χ0v) is 23.5. The lowest BCUT2D eigenvalue weighted by molar-refractivity contribution is -0.116. The van der Waals surface area contributed by atoms with Gasteiger partial charge < -0.3 is 25.0 Å². The van der Waals surface area contributed by atoms with Gasteiger partial charge in [0.25, 0.3) is 0 Å². The SMILES string of the molecule is COc1ccc(C2C(C#N)=C(N)N(c3nnc(SCC(=O)Nc4cc(C)on4)s3)C3=C2C(=O)CCC3)cc1OC. The van der Waals surface area contributed by atoms with Crippen LogP contribution < -0.4 is 25.4 Å². The molecule has 206 valence electrons. The minimum atomic E-state index is -0.658. The van der Waals surface area contributed by atoms with Crippen molar-refractivity contribution in [3.05, 3.63) is 58.3 Å². The Labute approximate surface area is 237 Å². The third-order valence-corrected chi connectivity index (χ3v) is 8.51. The third-order valence-electron chi connectivity index (χ3n) is 6.46. The second kappa shape index (κ2) is 11.4. The molecule has 14 heteroatoms. The van der Waals surface area contributed by atoms with Gasteiger partial charge in [-0.25, -0.2) is 0 Å². The zero-order chi connectivity index (χ0) is 28.4. The largest absolute Gasteiger partial charge is 0.493 e. The second-order valence-corrected chi connectivity index (χ2v) is 11.1. The van der Waals surface area contributed by atoms with Gasteiger partial charge in [-0.15, -0.1) is 10.2 Å². The molecule has 0 saturated carbocycles. The van der Waals surface area contributed by atoms with Gasteiger partial charge in [-0.05, 0) is 37.5 Å². The minimum absolute atomic E-state index is 0.0508. The van der Waals surface area contributed by atoms with E-state index in [1.54, 1.807) is 37.1 Å². The molecule has 1 atom stereocenters. The summed E-state index contributed by atoms with van der Waals surface area (Å²) < 4.78 is 16.3. The maximum absolute atomic E-state index is 13.4. The van der Waals surface area contributed by atoms with Gasteiger partial charge in [0, 0.05) is 23.8 Å². The number of carbonyl (C=O) groups is 2. The molecule has 3 heterocycles. The molecule has 1 amide bonds. The van der Waals surface area contributed by atoms with Gasteiger partial charge in [0.1, 0.15) is 11.6 Å². The second-order valence-electron chi connectivity index (χ2n) is 8.94. The Morgan fingerprint density at radius 1 is 1.27 bits per heavy atom. The number of hydrogen-bond acceptors (Lipinski definition) is 13. The Morgan fingerprint density at radius 2 is 2.08 bits per heavy atom. The zero-order valence-electron chi connectivity index (χ0n) is 21.9. The highest BCUT2D eigenvalue weighted by atomic mass is 32.2. The van der Waals surface area contributed by atoms with Gasteiger partial charge in [0.05, 0.1) is 37.5 Å². The molecular formula is C26H25N7O5S2. The van der Waals surface area contributed by atoms with Crippen LogP contribution in [0.15, 0.2) is 55.8 Å². The van der Waals surface area contributed by atoms with Crippen molar-refractivity contribution in [1.82, 2.24) is 15.4 Å². The predicted molar refractivity (Wildman–Crippen MR) is 148 cm³/mol. The molecule has 5 rings (SSSR count). The van der Waals surface area contributed by atoms with Crippen molar-refractivity contribution in [2.45, 2.75) is 36.4 Å². The van der Waals surface area contributed by atoms with Crippen LogP contribution in [0.1, 0.15) is 36.5 Å². The number of thioether (sulfide) groups is 1. The minimum Gasteiger partial charge on any atom is -0.493 e. The molecule has 2 aliphatic rings. The van der Waals surface area contributed by atoms with Gasteiger partial charge in [0.15, 0.2) is 27.4 Å². The van der Waals surface area contributed by atoms with Crippen LogP contribution in [0.4, 0.5) is 10.9 Å². The number of ketones is 1. The Kier molecular flexibility index (Phi) is 7.76. The first kappa shape index (κ1) is 27.2. The number of hydrogen-bond donors (Lipinski definition) is 2. The number of rotatable bonds is 8. The summed E-state index contributed by atoms with van der Waals surface area (Å²) in [6, 6.07) is 9.17. The van der Waals surface area contributed by atoms with Crippen LogP contribution in [-0.4, -0.2) is 47.0 Å². The highest BCUT2D eigenvalue weighted by Crippen LogP contribution is 2.48. The highest BCUT2D eigenvalue weighted by molar-refractivity contribution is 8.01. The van der Waals surface area contributed by atoms with Crippen LogP contribution in [0, 0.1) is 18.3 Å². The third kappa shape index (κ3) is 5.13. The smallest absolute Gasteiger partial charge is 0.236 e. The van der Waals surface area contributed by atoms with E-state index in [0.717, 1.165) is 0 Å². The van der Waals surface area contributed by atoms with Crippen LogP contribution in [-0.2, 0) is 9.59 Å². The van der Waals surface area contributed by atoms with Crippen LogP contribution in [0.5, 0.6) is 11.5 Å². The molecule has 1 unspecified atom stereocenters. The molecule has 1 aliphatic heterocycles. The van der Waals surface area contributed by atoms with Crippen molar-refractivity contribution in [2.24, 2.45) is 5.73 Å². The number of nitrogens with zero attached hydrogens (tertiary/aromatic N) is 5. The number of amides is 1. The molecule has 0 bridgehead atoms. The summed E-state index contributed by atoms with van der Waals surface area (Å²) in [6.07, 6.45) is 1.59. The Hall–Kier alpha value is -4.35. The van der Waals surface area contributed by atoms with Crippen LogP contribution >= 0.6 is 23.1 Å². The van der Waals surface area contributed by atoms with Crippen molar-refractivity contribution in [2.75, 3.05) is 30.2 Å². The molecule has 1 aromatic carbocycles. The van der Waals surface area contributed by atoms with Gasteiger partial charge in [-0.2, -0.15) is 5.26 Å². The molecular weight excluding hydrogens is 554 g/mol. The molecule has 0 fully saturated rings. The molecule has 0 saturated heterocycles. The number of nitrogens with one attached hydrogen (secondary N) is 1. The molecule has 3 N–H and O–H groups in total. The normalized spacial score (nSPS) is 17.0. The van der Waals surface area contributed by atoms with E-state index < -0.39 is 5.92 Å². The molecule has 0 radical (unpaired) electrons. The van der Waals surface area contributed by atoms with Crippen LogP contribution in [0.25, 0.3) is 0 Å². The summed E-state index contributed by atoms with van der Waals surface area (Å²) in [7, 11) is 3.07. The summed E-state index contributed by atoms with van der Waals surface area (Å²) in [5, 5.41) is 25.6. The number of allylic oxidation sites excluding steroid dienone is 3. The van der Waals surface area contributed by atoms with Crippen molar-refractivity contribution < 1.29 is 23.6 Å². The summed E-state index contributed by atoms with van der Waals surface area (Å²) in [4.78, 5) is 27.3. The maximum Gasteiger partial charge on any atom is 0.236 e. The van der Waals surface area contributed by atoms with E-state index >= 15 is 0 Å². The maximum atomic E-state index is 13.4. The Morgan fingerprint density at radius 3 is 2.77 bits per heavy atom. The summed E-state index contributed by atoms with van der Waals surface area (Å²) in [5.74, 6) is 1.21. The molecule has 12 nitrogen and oxygen atoms in total. The molecule has 2 aromatic heterocycles. The summed E-state index contributed by atoms with van der Waals surface area (Å²) >= 11 is 2.42. The fourth-order valence-electron chi connectivity index (χ4n) is 4.75. The number of aryl methyl sites for hydroxylation is 1. The van der Waals surface area contributed by atoms with E-state index in [1.807, 2.05) is 6.07 Å². The van der Waals surface area contributed by atoms with Gasteiger partial charge in [-0.3, -0.25) is 14.5 Å². The number of methoxy groups -OCH3 is 2. The molecule has 40 heavy (non-hydrogen) atoms. The number of aromatic nitrogens is 3. The summed E-state index contributed by atoms with van der Waals surface area (Å²) in [6.45, 7) is 1.73. The highest BCUT2D eigenvalue weighted by Gasteiger charge is 2.41.